The van der Waals surface area contributed by atoms with Crippen LogP contribution in [0.15, 0.2) is 24.3 Å². The summed E-state index contributed by atoms with van der Waals surface area (Å²) in [6.07, 6.45) is 0.961. The van der Waals surface area contributed by atoms with Gasteiger partial charge in [-0.1, -0.05) is 31.2 Å². The number of rotatable bonds is 5. The van der Waals surface area contributed by atoms with Crippen molar-refractivity contribution < 1.29 is 5.11 Å². The summed E-state index contributed by atoms with van der Waals surface area (Å²) in [5, 5.41) is 12.3. The lowest BCUT2D eigenvalue weighted by molar-refractivity contribution is 0.238. The lowest BCUT2D eigenvalue weighted by Gasteiger charge is -2.14. The van der Waals surface area contributed by atoms with Crippen LogP contribution in [0.3, 0.4) is 0 Å². The maximum absolute atomic E-state index is 9.01. The number of nitrogens with one attached hydrogen (secondary N) is 1. The summed E-state index contributed by atoms with van der Waals surface area (Å²) in [4.78, 5) is 0. The van der Waals surface area contributed by atoms with E-state index < -0.39 is 0 Å². The first kappa shape index (κ1) is 11.2. The monoisotopic (exact) mass is 193 g/mol. The first-order chi connectivity index (χ1) is 6.77. The van der Waals surface area contributed by atoms with Crippen LogP contribution in [-0.4, -0.2) is 17.8 Å². The fourth-order valence-corrected chi connectivity index (χ4v) is 1.40. The van der Waals surface area contributed by atoms with Gasteiger partial charge in [0.25, 0.3) is 0 Å². The minimum atomic E-state index is 0.211. The van der Waals surface area contributed by atoms with Gasteiger partial charge in [-0.25, -0.2) is 0 Å². The largest absolute Gasteiger partial charge is 0.395 e. The van der Waals surface area contributed by atoms with Crippen molar-refractivity contribution in [2.75, 3.05) is 6.61 Å². The minimum Gasteiger partial charge on any atom is -0.395 e. The van der Waals surface area contributed by atoms with Gasteiger partial charge in [0.15, 0.2) is 0 Å². The normalized spacial score (nSPS) is 12.8. The summed E-state index contributed by atoms with van der Waals surface area (Å²) in [6, 6.07) is 8.53. The third-order valence-electron chi connectivity index (χ3n) is 2.56. The molecule has 1 aromatic rings. The van der Waals surface area contributed by atoms with E-state index >= 15 is 0 Å². The molecule has 0 heterocycles. The summed E-state index contributed by atoms with van der Waals surface area (Å²) in [6.45, 7) is 5.23. The Balaban J connectivity index is 2.49. The molecule has 2 heteroatoms. The highest BCUT2D eigenvalue weighted by Gasteiger charge is 2.03. The molecule has 2 nitrogen and oxygen atoms in total. The lowest BCUT2D eigenvalue weighted by Crippen LogP contribution is -2.31. The van der Waals surface area contributed by atoms with E-state index in [2.05, 4.69) is 31.3 Å². The Bertz CT molecular complexity index is 269. The van der Waals surface area contributed by atoms with E-state index in [0.717, 1.165) is 13.0 Å². The van der Waals surface area contributed by atoms with Gasteiger partial charge in [0.05, 0.1) is 6.61 Å². The first-order valence-corrected chi connectivity index (χ1v) is 5.16. The van der Waals surface area contributed by atoms with E-state index in [1.54, 1.807) is 0 Å². The average Bonchev–Trinajstić information content (AvgIpc) is 2.22. The van der Waals surface area contributed by atoms with Crippen LogP contribution >= 0.6 is 0 Å². The van der Waals surface area contributed by atoms with E-state index in [1.165, 1.54) is 11.1 Å². The Morgan fingerprint density at radius 3 is 2.64 bits per heavy atom. The fourth-order valence-electron chi connectivity index (χ4n) is 1.40. The Labute approximate surface area is 86.0 Å². The highest BCUT2D eigenvalue weighted by molar-refractivity contribution is 5.25. The molecule has 0 bridgehead atoms. The van der Waals surface area contributed by atoms with Crippen molar-refractivity contribution in [3.05, 3.63) is 35.4 Å². The first-order valence-electron chi connectivity index (χ1n) is 5.16. The van der Waals surface area contributed by atoms with E-state index in [1.807, 2.05) is 12.1 Å². The van der Waals surface area contributed by atoms with Gasteiger partial charge >= 0.3 is 0 Å². The Morgan fingerprint density at radius 2 is 2.07 bits per heavy atom. The van der Waals surface area contributed by atoms with Crippen molar-refractivity contribution in [3.8, 4) is 0 Å². The second-order valence-electron chi connectivity index (χ2n) is 3.60. The summed E-state index contributed by atoms with van der Waals surface area (Å²) >= 11 is 0. The summed E-state index contributed by atoms with van der Waals surface area (Å²) in [5.41, 5.74) is 2.60. The fraction of sp³-hybridized carbons (Fsp3) is 0.500. The molecule has 0 saturated heterocycles. The topological polar surface area (TPSA) is 32.3 Å². The molecule has 14 heavy (non-hydrogen) atoms. The van der Waals surface area contributed by atoms with Crippen LogP contribution in [0, 0.1) is 6.92 Å². The Morgan fingerprint density at radius 1 is 1.36 bits per heavy atom. The highest BCUT2D eigenvalue weighted by Crippen LogP contribution is 2.06. The molecule has 0 aromatic heterocycles. The average molecular weight is 193 g/mol. The summed E-state index contributed by atoms with van der Waals surface area (Å²) in [5.74, 6) is 0. The maximum Gasteiger partial charge on any atom is 0.0584 e. The highest BCUT2D eigenvalue weighted by atomic mass is 16.3. The van der Waals surface area contributed by atoms with Crippen molar-refractivity contribution in [1.82, 2.24) is 5.32 Å². The molecule has 78 valence electrons. The Hall–Kier alpha value is -0.860. The molecule has 0 amide bonds. The number of aliphatic hydroxyl groups excluding tert-OH is 1. The number of hydrogen-bond acceptors (Lipinski definition) is 2. The zero-order chi connectivity index (χ0) is 10.4. The third-order valence-corrected chi connectivity index (χ3v) is 2.56. The zero-order valence-corrected chi connectivity index (χ0v) is 8.96. The van der Waals surface area contributed by atoms with Crippen LogP contribution in [0.4, 0.5) is 0 Å². The minimum absolute atomic E-state index is 0.211. The summed E-state index contributed by atoms with van der Waals surface area (Å²) in [7, 11) is 0. The van der Waals surface area contributed by atoms with Crippen molar-refractivity contribution in [3.63, 3.8) is 0 Å². The molecule has 0 saturated carbocycles. The van der Waals surface area contributed by atoms with Crippen LogP contribution in [0.2, 0.25) is 0 Å². The molecule has 1 atom stereocenters. The van der Waals surface area contributed by atoms with E-state index in [-0.39, 0.29) is 12.6 Å². The smallest absolute Gasteiger partial charge is 0.0584 e. The van der Waals surface area contributed by atoms with Gasteiger partial charge < -0.3 is 10.4 Å². The standard InChI is InChI=1S/C12H19NO/c1-3-12(9-14)13-8-11-7-5-4-6-10(11)2/h4-7,12-14H,3,8-9H2,1-2H3/t12-/m1/s1. The van der Waals surface area contributed by atoms with E-state index in [9.17, 15) is 0 Å². The molecule has 0 aliphatic heterocycles. The van der Waals surface area contributed by atoms with E-state index in [0.29, 0.717) is 0 Å². The molecule has 1 aromatic carbocycles. The number of aryl methyl sites for hydroxylation is 1. The summed E-state index contributed by atoms with van der Waals surface area (Å²) < 4.78 is 0. The third kappa shape index (κ3) is 3.13. The van der Waals surface area contributed by atoms with Gasteiger partial charge in [-0.2, -0.15) is 0 Å². The molecule has 0 fully saturated rings. The number of benzene rings is 1. The van der Waals surface area contributed by atoms with Crippen LogP contribution in [0.25, 0.3) is 0 Å². The molecular formula is C12H19NO. The molecular weight excluding hydrogens is 174 g/mol. The van der Waals surface area contributed by atoms with Gasteiger partial charge in [-0.15, -0.1) is 0 Å². The van der Waals surface area contributed by atoms with Gasteiger partial charge in [-0.3, -0.25) is 0 Å². The van der Waals surface area contributed by atoms with Gasteiger partial charge in [0.2, 0.25) is 0 Å². The second kappa shape index (κ2) is 5.78. The quantitative estimate of drug-likeness (QED) is 0.748. The predicted octanol–water partition coefficient (Wildman–Crippen LogP) is 1.86. The van der Waals surface area contributed by atoms with Gasteiger partial charge in [0, 0.05) is 12.6 Å². The molecule has 0 spiro atoms. The number of hydrogen-bond donors (Lipinski definition) is 2. The van der Waals surface area contributed by atoms with Gasteiger partial charge in [-0.05, 0) is 24.5 Å². The van der Waals surface area contributed by atoms with Crippen molar-refractivity contribution in [1.29, 1.82) is 0 Å². The molecule has 0 aliphatic rings. The molecule has 0 radical (unpaired) electrons. The molecule has 0 aliphatic carbocycles. The SMILES string of the molecule is CC[C@H](CO)NCc1ccccc1C. The lowest BCUT2D eigenvalue weighted by atomic mass is 10.1. The van der Waals surface area contributed by atoms with Crippen LogP contribution in [0.1, 0.15) is 24.5 Å². The van der Waals surface area contributed by atoms with Crippen LogP contribution in [-0.2, 0) is 6.54 Å². The molecule has 0 unspecified atom stereocenters. The van der Waals surface area contributed by atoms with Gasteiger partial charge in [0.1, 0.15) is 0 Å². The Kier molecular flexibility index (Phi) is 4.63. The maximum atomic E-state index is 9.01. The van der Waals surface area contributed by atoms with Crippen LogP contribution < -0.4 is 5.32 Å². The number of aliphatic hydroxyl groups is 1. The van der Waals surface area contributed by atoms with Crippen molar-refractivity contribution in [2.45, 2.75) is 32.9 Å². The molecule has 2 N–H and O–H groups in total. The van der Waals surface area contributed by atoms with E-state index in [4.69, 9.17) is 5.11 Å². The van der Waals surface area contributed by atoms with Crippen molar-refractivity contribution in [2.24, 2.45) is 0 Å². The predicted molar refractivity (Wildman–Crippen MR) is 59.2 cm³/mol. The van der Waals surface area contributed by atoms with Crippen LogP contribution in [0.5, 0.6) is 0 Å². The second-order valence-corrected chi connectivity index (χ2v) is 3.60. The van der Waals surface area contributed by atoms with Crippen molar-refractivity contribution >= 4 is 0 Å². The zero-order valence-electron chi connectivity index (χ0n) is 8.96. The molecule has 1 rings (SSSR count).